The van der Waals surface area contributed by atoms with E-state index in [1.807, 2.05) is 18.2 Å². The van der Waals surface area contributed by atoms with Crippen molar-refractivity contribution in [1.29, 1.82) is 0 Å². The Balaban J connectivity index is 1.40. The average Bonchev–Trinajstić information content (AvgIpc) is 3.14. The summed E-state index contributed by atoms with van der Waals surface area (Å²) in [6.07, 6.45) is 1.01. The number of para-hydroxylation sites is 2. The lowest BCUT2D eigenvalue weighted by atomic mass is 10.1. The van der Waals surface area contributed by atoms with Crippen LogP contribution in [0.5, 0.6) is 5.75 Å². The number of amides is 1. The van der Waals surface area contributed by atoms with E-state index < -0.39 is 5.97 Å². The second-order valence-electron chi connectivity index (χ2n) is 6.33. The number of nitrogens with zero attached hydrogens (tertiary/aromatic N) is 1. The molecule has 1 saturated heterocycles. The fraction of sp³-hybridized carbons (Fsp3) is 0.300. The summed E-state index contributed by atoms with van der Waals surface area (Å²) < 4.78 is 4.95. The zero-order valence-electron chi connectivity index (χ0n) is 14.4. The minimum absolute atomic E-state index is 0.0506. The zero-order chi connectivity index (χ0) is 18.4. The molecule has 1 aliphatic rings. The van der Waals surface area contributed by atoms with Crippen molar-refractivity contribution >= 4 is 17.6 Å². The Bertz CT molecular complexity index is 763. The number of phenols is 1. The number of carbonyl (C=O) groups excluding carboxylic acids is 2. The Labute approximate surface area is 152 Å². The molecule has 6 heteroatoms. The van der Waals surface area contributed by atoms with Crippen LogP contribution in [-0.4, -0.2) is 43.2 Å². The van der Waals surface area contributed by atoms with Crippen LogP contribution in [0.2, 0.25) is 0 Å². The minimum Gasteiger partial charge on any atom is -0.507 e. The summed E-state index contributed by atoms with van der Waals surface area (Å²) in [7, 11) is 0. The third kappa shape index (κ3) is 4.53. The van der Waals surface area contributed by atoms with Gasteiger partial charge in [0.1, 0.15) is 11.3 Å². The highest BCUT2D eigenvalue weighted by Gasteiger charge is 2.23. The third-order valence-electron chi connectivity index (χ3n) is 4.45. The van der Waals surface area contributed by atoms with Crippen molar-refractivity contribution in [3.63, 3.8) is 0 Å². The molecule has 2 aromatic rings. The van der Waals surface area contributed by atoms with Crippen LogP contribution in [0, 0.1) is 5.92 Å². The topological polar surface area (TPSA) is 78.9 Å². The van der Waals surface area contributed by atoms with Gasteiger partial charge in [-0.3, -0.25) is 4.79 Å². The lowest BCUT2D eigenvalue weighted by Gasteiger charge is -2.18. The Morgan fingerprint density at radius 1 is 1.12 bits per heavy atom. The van der Waals surface area contributed by atoms with Crippen LogP contribution in [0.25, 0.3) is 0 Å². The van der Waals surface area contributed by atoms with Crippen molar-refractivity contribution in [3.8, 4) is 5.75 Å². The smallest absolute Gasteiger partial charge is 0.342 e. The van der Waals surface area contributed by atoms with E-state index in [9.17, 15) is 14.7 Å². The molecule has 1 amide bonds. The number of phenolic OH excluding ortho intramolecular Hbond substituents is 1. The van der Waals surface area contributed by atoms with Gasteiger partial charge in [-0.15, -0.1) is 0 Å². The van der Waals surface area contributed by atoms with Gasteiger partial charge in [-0.1, -0.05) is 30.3 Å². The van der Waals surface area contributed by atoms with Crippen LogP contribution in [0.3, 0.4) is 0 Å². The summed E-state index contributed by atoms with van der Waals surface area (Å²) in [6, 6.07) is 16.3. The lowest BCUT2D eigenvalue weighted by molar-refractivity contribution is -0.124. The van der Waals surface area contributed by atoms with Gasteiger partial charge in [0, 0.05) is 25.3 Å². The molecule has 0 aliphatic carbocycles. The van der Waals surface area contributed by atoms with Crippen molar-refractivity contribution < 1.29 is 19.4 Å². The molecule has 1 atom stereocenters. The average molecular weight is 354 g/mol. The number of anilines is 1. The molecule has 0 bridgehead atoms. The Hall–Kier alpha value is -3.02. The zero-order valence-corrected chi connectivity index (χ0v) is 14.4. The van der Waals surface area contributed by atoms with E-state index >= 15 is 0 Å². The maximum absolute atomic E-state index is 11.9. The SMILES string of the molecule is O=C(COC(=O)c1ccccc1O)NCC1CCN(c2ccccc2)C1. The molecule has 1 heterocycles. The highest BCUT2D eigenvalue weighted by molar-refractivity contribution is 5.93. The van der Waals surface area contributed by atoms with E-state index in [1.165, 1.54) is 17.8 Å². The number of benzene rings is 2. The number of aromatic hydroxyl groups is 1. The number of esters is 1. The number of hydrogen-bond donors (Lipinski definition) is 2. The summed E-state index contributed by atoms with van der Waals surface area (Å²) in [6.45, 7) is 2.05. The number of hydrogen-bond acceptors (Lipinski definition) is 5. The summed E-state index contributed by atoms with van der Waals surface area (Å²) in [5, 5.41) is 12.4. The lowest BCUT2D eigenvalue weighted by Crippen LogP contribution is -2.34. The standard InChI is InChI=1S/C20H22N2O4/c23-18-9-5-4-8-17(18)20(25)26-14-19(24)21-12-15-10-11-22(13-15)16-6-2-1-3-7-16/h1-9,15,23H,10-14H2,(H,21,24). The van der Waals surface area contributed by atoms with Gasteiger partial charge in [0.05, 0.1) is 0 Å². The van der Waals surface area contributed by atoms with Gasteiger partial charge in [0.25, 0.3) is 5.91 Å². The minimum atomic E-state index is -0.714. The van der Waals surface area contributed by atoms with Crippen LogP contribution >= 0.6 is 0 Å². The molecule has 1 aliphatic heterocycles. The van der Waals surface area contributed by atoms with Gasteiger partial charge in [0.15, 0.2) is 6.61 Å². The van der Waals surface area contributed by atoms with Gasteiger partial charge >= 0.3 is 5.97 Å². The monoisotopic (exact) mass is 354 g/mol. The van der Waals surface area contributed by atoms with E-state index in [4.69, 9.17) is 4.74 Å². The van der Waals surface area contributed by atoms with Gasteiger partial charge in [-0.05, 0) is 36.6 Å². The van der Waals surface area contributed by atoms with E-state index in [0.29, 0.717) is 12.5 Å². The maximum atomic E-state index is 11.9. The second-order valence-corrected chi connectivity index (χ2v) is 6.33. The van der Waals surface area contributed by atoms with Crippen LogP contribution in [0.1, 0.15) is 16.8 Å². The van der Waals surface area contributed by atoms with Crippen molar-refractivity contribution in [3.05, 3.63) is 60.2 Å². The van der Waals surface area contributed by atoms with Crippen molar-refractivity contribution in [1.82, 2.24) is 5.32 Å². The predicted octanol–water partition coefficient (Wildman–Crippen LogP) is 2.19. The first-order chi connectivity index (χ1) is 12.6. The molecule has 2 N–H and O–H groups in total. The van der Waals surface area contributed by atoms with Crippen LogP contribution in [0.15, 0.2) is 54.6 Å². The summed E-state index contributed by atoms with van der Waals surface area (Å²) in [4.78, 5) is 26.1. The molecule has 0 saturated carbocycles. The van der Waals surface area contributed by atoms with E-state index in [2.05, 4.69) is 22.3 Å². The van der Waals surface area contributed by atoms with Crippen LogP contribution < -0.4 is 10.2 Å². The predicted molar refractivity (Wildman–Crippen MR) is 98.2 cm³/mol. The number of nitrogens with one attached hydrogen (secondary N) is 1. The molecule has 1 fully saturated rings. The molecule has 136 valence electrons. The molecule has 6 nitrogen and oxygen atoms in total. The van der Waals surface area contributed by atoms with Crippen LogP contribution in [-0.2, 0) is 9.53 Å². The molecule has 3 rings (SSSR count). The summed E-state index contributed by atoms with van der Waals surface area (Å²) in [5.74, 6) is -0.848. The summed E-state index contributed by atoms with van der Waals surface area (Å²) in [5.41, 5.74) is 1.24. The van der Waals surface area contributed by atoms with Crippen LogP contribution in [0.4, 0.5) is 5.69 Å². The highest BCUT2D eigenvalue weighted by Crippen LogP contribution is 2.23. The van der Waals surface area contributed by atoms with Gasteiger partial charge < -0.3 is 20.1 Å². The van der Waals surface area contributed by atoms with Crippen molar-refractivity contribution in [2.75, 3.05) is 31.1 Å². The molecule has 26 heavy (non-hydrogen) atoms. The second kappa shape index (κ2) is 8.38. The quantitative estimate of drug-likeness (QED) is 0.778. The van der Waals surface area contributed by atoms with Crippen molar-refractivity contribution in [2.24, 2.45) is 5.92 Å². The first-order valence-electron chi connectivity index (χ1n) is 8.65. The fourth-order valence-corrected chi connectivity index (χ4v) is 3.04. The van der Waals surface area contributed by atoms with Gasteiger partial charge in [-0.25, -0.2) is 4.79 Å². The maximum Gasteiger partial charge on any atom is 0.342 e. The normalized spacial score (nSPS) is 16.3. The Morgan fingerprint density at radius 3 is 2.62 bits per heavy atom. The molecular formula is C20H22N2O4. The molecule has 1 unspecified atom stereocenters. The molecule has 2 aromatic carbocycles. The fourth-order valence-electron chi connectivity index (χ4n) is 3.04. The molecule has 0 aromatic heterocycles. The largest absolute Gasteiger partial charge is 0.507 e. The number of carbonyl (C=O) groups is 2. The molecular weight excluding hydrogens is 332 g/mol. The number of rotatable bonds is 6. The first-order valence-corrected chi connectivity index (χ1v) is 8.65. The van der Waals surface area contributed by atoms with Gasteiger partial charge in [-0.2, -0.15) is 0 Å². The first kappa shape index (κ1) is 17.8. The number of ether oxygens (including phenoxy) is 1. The third-order valence-corrected chi connectivity index (χ3v) is 4.45. The molecule has 0 spiro atoms. The van der Waals surface area contributed by atoms with Gasteiger partial charge in [0.2, 0.25) is 0 Å². The highest BCUT2D eigenvalue weighted by atomic mass is 16.5. The van der Waals surface area contributed by atoms with E-state index in [1.54, 1.807) is 12.1 Å². The van der Waals surface area contributed by atoms with E-state index in [-0.39, 0.29) is 23.8 Å². The Kier molecular flexibility index (Phi) is 5.73. The van der Waals surface area contributed by atoms with E-state index in [0.717, 1.165) is 19.5 Å². The summed E-state index contributed by atoms with van der Waals surface area (Å²) >= 11 is 0. The van der Waals surface area contributed by atoms with Crippen molar-refractivity contribution in [2.45, 2.75) is 6.42 Å². The molecule has 0 radical (unpaired) electrons. The Morgan fingerprint density at radius 2 is 1.85 bits per heavy atom.